The highest BCUT2D eigenvalue weighted by molar-refractivity contribution is 7.21. The van der Waals surface area contributed by atoms with E-state index in [1.807, 2.05) is 31.2 Å². The zero-order chi connectivity index (χ0) is 13.1. The minimum absolute atomic E-state index is 0.228. The standard InChI is InChI=1S/C13H14ClNO2S/c1-2-8(16)7-15-13(17)12-11(14)9-5-3-4-6-10(9)18-12/h3-6,8,16H,2,7H2,1H3,(H,15,17). The van der Waals surface area contributed by atoms with Crippen molar-refractivity contribution in [1.29, 1.82) is 0 Å². The Morgan fingerprint density at radius 2 is 2.22 bits per heavy atom. The fourth-order valence-corrected chi connectivity index (χ4v) is 3.03. The van der Waals surface area contributed by atoms with E-state index in [1.54, 1.807) is 0 Å². The molecule has 0 aliphatic heterocycles. The van der Waals surface area contributed by atoms with Crippen LogP contribution in [0, 0.1) is 0 Å². The Kier molecular flexibility index (Phi) is 4.22. The van der Waals surface area contributed by atoms with Gasteiger partial charge in [0.1, 0.15) is 4.88 Å². The predicted octanol–water partition coefficient (Wildman–Crippen LogP) is 3.06. The van der Waals surface area contributed by atoms with Gasteiger partial charge in [0.25, 0.3) is 5.91 Å². The SMILES string of the molecule is CCC(O)CNC(=O)c1sc2ccccc2c1Cl. The Balaban J connectivity index is 2.20. The number of halogens is 1. The van der Waals surface area contributed by atoms with Crippen LogP contribution in [0.1, 0.15) is 23.0 Å². The summed E-state index contributed by atoms with van der Waals surface area (Å²) < 4.78 is 0.990. The summed E-state index contributed by atoms with van der Waals surface area (Å²) in [7, 11) is 0. The summed E-state index contributed by atoms with van der Waals surface area (Å²) in [5.41, 5.74) is 0. The van der Waals surface area contributed by atoms with Gasteiger partial charge in [0, 0.05) is 16.6 Å². The molecule has 2 N–H and O–H groups in total. The summed E-state index contributed by atoms with van der Waals surface area (Å²) in [6, 6.07) is 7.64. The van der Waals surface area contributed by atoms with E-state index in [4.69, 9.17) is 11.6 Å². The Morgan fingerprint density at radius 1 is 1.50 bits per heavy atom. The number of aliphatic hydroxyl groups is 1. The summed E-state index contributed by atoms with van der Waals surface area (Å²) in [6.45, 7) is 2.11. The summed E-state index contributed by atoms with van der Waals surface area (Å²) >= 11 is 7.55. The van der Waals surface area contributed by atoms with Crippen molar-refractivity contribution in [3.05, 3.63) is 34.2 Å². The average molecular weight is 284 g/mol. The van der Waals surface area contributed by atoms with Gasteiger partial charge in [-0.2, -0.15) is 0 Å². The van der Waals surface area contributed by atoms with Gasteiger partial charge in [0.2, 0.25) is 0 Å². The van der Waals surface area contributed by atoms with Crippen LogP contribution in [0.3, 0.4) is 0 Å². The number of thiophene rings is 1. The minimum Gasteiger partial charge on any atom is -0.391 e. The van der Waals surface area contributed by atoms with Gasteiger partial charge in [-0.25, -0.2) is 0 Å². The predicted molar refractivity (Wildman–Crippen MR) is 75.5 cm³/mol. The Bertz CT molecular complexity index is 567. The summed E-state index contributed by atoms with van der Waals surface area (Å²) in [6.07, 6.45) is 0.0996. The fourth-order valence-electron chi connectivity index (χ4n) is 1.60. The third kappa shape index (κ3) is 2.66. The molecule has 2 aromatic rings. The van der Waals surface area contributed by atoms with E-state index < -0.39 is 6.10 Å². The molecule has 0 saturated heterocycles. The van der Waals surface area contributed by atoms with Crippen LogP contribution in [0.5, 0.6) is 0 Å². The molecule has 0 bridgehead atoms. The molecule has 18 heavy (non-hydrogen) atoms. The van der Waals surface area contributed by atoms with E-state index in [1.165, 1.54) is 11.3 Å². The van der Waals surface area contributed by atoms with Gasteiger partial charge in [0.15, 0.2) is 0 Å². The molecule has 0 aliphatic carbocycles. The molecule has 0 radical (unpaired) electrons. The second-order valence-electron chi connectivity index (χ2n) is 4.01. The third-order valence-corrected chi connectivity index (χ3v) is 4.38. The van der Waals surface area contributed by atoms with Crippen molar-refractivity contribution in [3.8, 4) is 0 Å². The number of carbonyl (C=O) groups excluding carboxylic acids is 1. The molecule has 0 aliphatic rings. The quantitative estimate of drug-likeness (QED) is 0.906. The maximum Gasteiger partial charge on any atom is 0.263 e. The van der Waals surface area contributed by atoms with Crippen LogP contribution in [0.4, 0.5) is 0 Å². The maximum absolute atomic E-state index is 12.0. The first kappa shape index (κ1) is 13.3. The third-order valence-electron chi connectivity index (χ3n) is 2.71. The topological polar surface area (TPSA) is 49.3 Å². The summed E-state index contributed by atoms with van der Waals surface area (Å²) in [5.74, 6) is -0.228. The lowest BCUT2D eigenvalue weighted by Crippen LogP contribution is -2.31. The van der Waals surface area contributed by atoms with Crippen molar-refractivity contribution in [1.82, 2.24) is 5.32 Å². The molecule has 0 saturated carbocycles. The van der Waals surface area contributed by atoms with Crippen LogP contribution in [0.2, 0.25) is 5.02 Å². The number of carbonyl (C=O) groups is 1. The number of aliphatic hydroxyl groups excluding tert-OH is 1. The monoisotopic (exact) mass is 283 g/mol. The first-order valence-corrected chi connectivity index (χ1v) is 6.96. The number of hydrogen-bond acceptors (Lipinski definition) is 3. The lowest BCUT2D eigenvalue weighted by Gasteiger charge is -2.08. The minimum atomic E-state index is -0.512. The number of rotatable bonds is 4. The molecule has 1 heterocycles. The Labute approximate surface area is 114 Å². The van der Waals surface area contributed by atoms with E-state index in [2.05, 4.69) is 5.32 Å². The van der Waals surface area contributed by atoms with Crippen molar-refractivity contribution >= 4 is 38.9 Å². The summed E-state index contributed by atoms with van der Waals surface area (Å²) in [5, 5.41) is 13.5. The lowest BCUT2D eigenvalue weighted by molar-refractivity contribution is 0.0918. The molecule has 1 amide bonds. The van der Waals surface area contributed by atoms with Crippen LogP contribution >= 0.6 is 22.9 Å². The van der Waals surface area contributed by atoms with Gasteiger partial charge in [0.05, 0.1) is 11.1 Å². The molecule has 1 atom stereocenters. The normalized spacial score (nSPS) is 12.6. The summed E-state index contributed by atoms with van der Waals surface area (Å²) in [4.78, 5) is 12.5. The Hall–Kier alpha value is -1.10. The second kappa shape index (κ2) is 5.69. The lowest BCUT2D eigenvalue weighted by atomic mass is 10.2. The molecule has 3 nitrogen and oxygen atoms in total. The highest BCUT2D eigenvalue weighted by atomic mass is 35.5. The average Bonchev–Trinajstić information content (AvgIpc) is 2.73. The van der Waals surface area contributed by atoms with E-state index in [0.29, 0.717) is 16.3 Å². The molecular weight excluding hydrogens is 270 g/mol. The smallest absolute Gasteiger partial charge is 0.263 e. The van der Waals surface area contributed by atoms with Crippen molar-refractivity contribution < 1.29 is 9.90 Å². The van der Waals surface area contributed by atoms with Gasteiger partial charge < -0.3 is 10.4 Å². The van der Waals surface area contributed by atoms with Crippen LogP contribution in [0.25, 0.3) is 10.1 Å². The van der Waals surface area contributed by atoms with E-state index in [0.717, 1.165) is 10.1 Å². The number of benzene rings is 1. The van der Waals surface area contributed by atoms with Gasteiger partial charge in [-0.1, -0.05) is 36.7 Å². The van der Waals surface area contributed by atoms with Gasteiger partial charge >= 0.3 is 0 Å². The molecule has 5 heteroatoms. The molecule has 1 aromatic carbocycles. The van der Waals surface area contributed by atoms with Gasteiger partial charge in [-0.05, 0) is 12.5 Å². The number of amides is 1. The second-order valence-corrected chi connectivity index (χ2v) is 5.44. The van der Waals surface area contributed by atoms with Crippen LogP contribution in [-0.4, -0.2) is 23.7 Å². The van der Waals surface area contributed by atoms with Crippen LogP contribution < -0.4 is 5.32 Å². The molecule has 0 spiro atoms. The zero-order valence-electron chi connectivity index (χ0n) is 9.94. The fraction of sp³-hybridized carbons (Fsp3) is 0.308. The number of nitrogens with one attached hydrogen (secondary N) is 1. The highest BCUT2D eigenvalue weighted by Gasteiger charge is 2.17. The maximum atomic E-state index is 12.0. The van der Waals surface area contributed by atoms with Crippen LogP contribution in [-0.2, 0) is 0 Å². The molecule has 0 fully saturated rings. The first-order valence-electron chi connectivity index (χ1n) is 5.76. The number of fused-ring (bicyclic) bond motifs is 1. The van der Waals surface area contributed by atoms with E-state index in [9.17, 15) is 9.90 Å². The van der Waals surface area contributed by atoms with Crippen molar-refractivity contribution in [3.63, 3.8) is 0 Å². The first-order chi connectivity index (χ1) is 8.63. The van der Waals surface area contributed by atoms with E-state index >= 15 is 0 Å². The highest BCUT2D eigenvalue weighted by Crippen LogP contribution is 2.34. The molecule has 96 valence electrons. The number of hydrogen-bond donors (Lipinski definition) is 2. The molecule has 1 aromatic heterocycles. The van der Waals surface area contributed by atoms with Crippen molar-refractivity contribution in [2.24, 2.45) is 0 Å². The van der Waals surface area contributed by atoms with Gasteiger partial charge in [-0.15, -0.1) is 11.3 Å². The Morgan fingerprint density at radius 3 is 2.89 bits per heavy atom. The molecular formula is C13H14ClNO2S. The van der Waals surface area contributed by atoms with E-state index in [-0.39, 0.29) is 12.5 Å². The molecule has 2 rings (SSSR count). The van der Waals surface area contributed by atoms with Crippen LogP contribution in [0.15, 0.2) is 24.3 Å². The molecule has 1 unspecified atom stereocenters. The largest absolute Gasteiger partial charge is 0.391 e. The van der Waals surface area contributed by atoms with Gasteiger partial charge in [-0.3, -0.25) is 4.79 Å². The van der Waals surface area contributed by atoms with Crippen molar-refractivity contribution in [2.75, 3.05) is 6.54 Å². The van der Waals surface area contributed by atoms with Crippen molar-refractivity contribution in [2.45, 2.75) is 19.4 Å². The zero-order valence-corrected chi connectivity index (χ0v) is 11.5.